The summed E-state index contributed by atoms with van der Waals surface area (Å²) in [5, 5.41) is 3.52. The van der Waals surface area contributed by atoms with Gasteiger partial charge in [0.25, 0.3) is 0 Å². The summed E-state index contributed by atoms with van der Waals surface area (Å²) in [5.74, 6) is 0.765. The van der Waals surface area contributed by atoms with Gasteiger partial charge in [-0.05, 0) is 43.4 Å². The minimum absolute atomic E-state index is 0.383. The highest BCUT2D eigenvalue weighted by Crippen LogP contribution is 2.39. The Hall–Kier alpha value is -1.42. The van der Waals surface area contributed by atoms with Crippen molar-refractivity contribution in [1.29, 1.82) is 0 Å². The molecule has 4 heteroatoms. The van der Waals surface area contributed by atoms with Crippen molar-refractivity contribution >= 4 is 17.1 Å². The van der Waals surface area contributed by atoms with Gasteiger partial charge in [-0.2, -0.15) is 0 Å². The first-order chi connectivity index (χ1) is 8.24. The number of nitrogens with two attached hydrogens (primary N) is 2. The fourth-order valence-electron chi connectivity index (χ4n) is 2.53. The van der Waals surface area contributed by atoms with Crippen LogP contribution in [0.15, 0.2) is 18.2 Å². The molecule has 1 aliphatic carbocycles. The molecule has 0 aromatic heterocycles. The van der Waals surface area contributed by atoms with E-state index in [4.69, 9.17) is 16.2 Å². The van der Waals surface area contributed by atoms with E-state index in [0.717, 1.165) is 24.6 Å². The molecule has 1 aromatic carbocycles. The van der Waals surface area contributed by atoms with Gasteiger partial charge in [-0.1, -0.05) is 0 Å². The summed E-state index contributed by atoms with van der Waals surface area (Å²) in [5.41, 5.74) is 13.8. The highest BCUT2D eigenvalue weighted by molar-refractivity contribution is 5.69. The molecular formula is C13H19N3O. The number of nitrogens with one attached hydrogen (secondary N) is 1. The number of rotatable bonds is 3. The Morgan fingerprint density at radius 2 is 1.94 bits per heavy atom. The Labute approximate surface area is 101 Å². The SMILES string of the molecule is Nc1ccc(NC2CCOC2C2CC2)cc1N. The normalized spacial score (nSPS) is 28.2. The maximum absolute atomic E-state index is 5.81. The lowest BCUT2D eigenvalue weighted by Crippen LogP contribution is -2.30. The molecule has 0 bridgehead atoms. The van der Waals surface area contributed by atoms with Crippen LogP contribution in [0.25, 0.3) is 0 Å². The van der Waals surface area contributed by atoms with E-state index in [2.05, 4.69) is 5.32 Å². The monoisotopic (exact) mass is 233 g/mol. The molecule has 1 aliphatic heterocycles. The van der Waals surface area contributed by atoms with Gasteiger partial charge in [0.05, 0.1) is 23.5 Å². The lowest BCUT2D eigenvalue weighted by molar-refractivity contribution is 0.0898. The smallest absolute Gasteiger partial charge is 0.0804 e. The van der Waals surface area contributed by atoms with E-state index in [1.165, 1.54) is 12.8 Å². The fourth-order valence-corrected chi connectivity index (χ4v) is 2.53. The van der Waals surface area contributed by atoms with Crippen molar-refractivity contribution in [3.63, 3.8) is 0 Å². The van der Waals surface area contributed by atoms with Crippen LogP contribution in [0.2, 0.25) is 0 Å². The summed E-state index contributed by atoms with van der Waals surface area (Å²) in [7, 11) is 0. The van der Waals surface area contributed by atoms with Crippen molar-refractivity contribution in [3.8, 4) is 0 Å². The van der Waals surface area contributed by atoms with Crippen LogP contribution in [0, 0.1) is 5.92 Å². The topological polar surface area (TPSA) is 73.3 Å². The van der Waals surface area contributed by atoms with Gasteiger partial charge in [-0.15, -0.1) is 0 Å². The van der Waals surface area contributed by atoms with Crippen molar-refractivity contribution in [2.45, 2.75) is 31.4 Å². The van der Waals surface area contributed by atoms with Crippen LogP contribution in [-0.4, -0.2) is 18.8 Å². The molecule has 92 valence electrons. The quantitative estimate of drug-likeness (QED) is 0.696. The van der Waals surface area contributed by atoms with Crippen LogP contribution in [-0.2, 0) is 4.74 Å². The third-order valence-electron chi connectivity index (χ3n) is 3.66. The van der Waals surface area contributed by atoms with E-state index in [1.807, 2.05) is 18.2 Å². The lowest BCUT2D eigenvalue weighted by Gasteiger charge is -2.21. The van der Waals surface area contributed by atoms with Crippen molar-refractivity contribution in [2.75, 3.05) is 23.4 Å². The number of hydrogen-bond acceptors (Lipinski definition) is 4. The van der Waals surface area contributed by atoms with Gasteiger partial charge >= 0.3 is 0 Å². The minimum Gasteiger partial charge on any atom is -0.397 e. The standard InChI is InChI=1S/C13H19N3O/c14-10-4-3-9(7-11(10)15)16-12-5-6-17-13(12)8-1-2-8/h3-4,7-8,12-13,16H,1-2,5-6,14-15H2. The molecule has 2 aliphatic rings. The molecule has 0 spiro atoms. The summed E-state index contributed by atoms with van der Waals surface area (Å²) in [4.78, 5) is 0. The molecule has 1 aromatic rings. The van der Waals surface area contributed by atoms with Crippen LogP contribution in [0.3, 0.4) is 0 Å². The zero-order valence-electron chi connectivity index (χ0n) is 9.86. The van der Waals surface area contributed by atoms with Gasteiger partial charge < -0.3 is 21.5 Å². The lowest BCUT2D eigenvalue weighted by atomic mass is 10.1. The summed E-state index contributed by atoms with van der Waals surface area (Å²) in [6.45, 7) is 0.864. The van der Waals surface area contributed by atoms with E-state index < -0.39 is 0 Å². The molecule has 0 amide bonds. The first kappa shape index (κ1) is 10.7. The van der Waals surface area contributed by atoms with Crippen molar-refractivity contribution in [3.05, 3.63) is 18.2 Å². The van der Waals surface area contributed by atoms with Crippen molar-refractivity contribution in [1.82, 2.24) is 0 Å². The fraction of sp³-hybridized carbons (Fsp3) is 0.538. The van der Waals surface area contributed by atoms with Crippen LogP contribution in [0.1, 0.15) is 19.3 Å². The van der Waals surface area contributed by atoms with Gasteiger partial charge in [-0.3, -0.25) is 0 Å². The van der Waals surface area contributed by atoms with Crippen LogP contribution in [0.5, 0.6) is 0 Å². The Balaban J connectivity index is 1.70. The van der Waals surface area contributed by atoms with Gasteiger partial charge in [0.15, 0.2) is 0 Å². The Morgan fingerprint density at radius 3 is 2.65 bits per heavy atom. The highest BCUT2D eigenvalue weighted by Gasteiger charge is 2.40. The van der Waals surface area contributed by atoms with E-state index in [-0.39, 0.29) is 0 Å². The predicted octanol–water partition coefficient (Wildman–Crippen LogP) is 1.83. The molecule has 5 N–H and O–H groups in total. The van der Waals surface area contributed by atoms with Crippen LogP contribution < -0.4 is 16.8 Å². The number of anilines is 3. The zero-order valence-corrected chi connectivity index (χ0v) is 9.86. The Kier molecular flexibility index (Phi) is 2.59. The number of benzene rings is 1. The first-order valence-corrected chi connectivity index (χ1v) is 6.27. The molecule has 1 saturated heterocycles. The van der Waals surface area contributed by atoms with Crippen LogP contribution >= 0.6 is 0 Å². The molecule has 1 saturated carbocycles. The van der Waals surface area contributed by atoms with Crippen molar-refractivity contribution < 1.29 is 4.74 Å². The zero-order chi connectivity index (χ0) is 11.8. The van der Waals surface area contributed by atoms with Gasteiger partial charge in [0, 0.05) is 12.3 Å². The summed E-state index contributed by atoms with van der Waals surface area (Å²) in [6.07, 6.45) is 4.08. The molecule has 2 unspecified atom stereocenters. The second-order valence-corrected chi connectivity index (χ2v) is 5.06. The number of nitrogen functional groups attached to an aromatic ring is 2. The molecule has 3 rings (SSSR count). The second kappa shape index (κ2) is 4.11. The maximum atomic E-state index is 5.81. The maximum Gasteiger partial charge on any atom is 0.0804 e. The van der Waals surface area contributed by atoms with E-state index >= 15 is 0 Å². The number of ether oxygens (including phenoxy) is 1. The molecule has 2 atom stereocenters. The summed E-state index contributed by atoms with van der Waals surface area (Å²) >= 11 is 0. The second-order valence-electron chi connectivity index (χ2n) is 5.06. The average Bonchev–Trinajstić information content (AvgIpc) is 3.05. The first-order valence-electron chi connectivity index (χ1n) is 6.27. The van der Waals surface area contributed by atoms with Gasteiger partial charge in [0.1, 0.15) is 0 Å². The average molecular weight is 233 g/mol. The van der Waals surface area contributed by atoms with Gasteiger partial charge in [-0.25, -0.2) is 0 Å². The van der Waals surface area contributed by atoms with E-state index in [1.54, 1.807) is 0 Å². The Bertz CT molecular complexity index is 417. The third-order valence-corrected chi connectivity index (χ3v) is 3.66. The highest BCUT2D eigenvalue weighted by atomic mass is 16.5. The summed E-state index contributed by atoms with van der Waals surface area (Å²) in [6, 6.07) is 6.15. The van der Waals surface area contributed by atoms with E-state index in [0.29, 0.717) is 23.5 Å². The van der Waals surface area contributed by atoms with Crippen LogP contribution in [0.4, 0.5) is 17.1 Å². The molecule has 17 heavy (non-hydrogen) atoms. The minimum atomic E-state index is 0.383. The van der Waals surface area contributed by atoms with Gasteiger partial charge in [0.2, 0.25) is 0 Å². The molecule has 0 radical (unpaired) electrons. The largest absolute Gasteiger partial charge is 0.397 e. The van der Waals surface area contributed by atoms with Crippen molar-refractivity contribution in [2.24, 2.45) is 5.92 Å². The predicted molar refractivity (Wildman–Crippen MR) is 69.8 cm³/mol. The third kappa shape index (κ3) is 2.17. The molecule has 2 fully saturated rings. The molecule has 1 heterocycles. The number of hydrogen-bond donors (Lipinski definition) is 3. The molecular weight excluding hydrogens is 214 g/mol. The molecule has 4 nitrogen and oxygen atoms in total. The Morgan fingerprint density at radius 1 is 1.12 bits per heavy atom. The summed E-state index contributed by atoms with van der Waals surface area (Å²) < 4.78 is 5.80. The van der Waals surface area contributed by atoms with E-state index in [9.17, 15) is 0 Å².